The summed E-state index contributed by atoms with van der Waals surface area (Å²) in [6.07, 6.45) is -9.64. The SMILES string of the molecule is CC(C)Nc1nc(Nc2ccc(OC(F)(F)F)c(Cl)c2)cc(C(F)(F)F)n1. The summed E-state index contributed by atoms with van der Waals surface area (Å²) in [4.78, 5) is 7.31. The van der Waals surface area contributed by atoms with E-state index in [0.29, 0.717) is 6.07 Å². The third-order valence-corrected chi connectivity index (χ3v) is 3.16. The Bertz CT molecular complexity index is 810. The second kappa shape index (κ2) is 7.67. The van der Waals surface area contributed by atoms with Gasteiger partial charge in [0.15, 0.2) is 5.69 Å². The molecule has 27 heavy (non-hydrogen) atoms. The van der Waals surface area contributed by atoms with Gasteiger partial charge in [-0.05, 0) is 32.0 Å². The first-order chi connectivity index (χ1) is 12.3. The van der Waals surface area contributed by atoms with Gasteiger partial charge in [-0.15, -0.1) is 13.2 Å². The van der Waals surface area contributed by atoms with Crippen LogP contribution in [0, 0.1) is 0 Å². The Morgan fingerprint density at radius 1 is 1.04 bits per heavy atom. The molecular formula is C15H13ClF6N4O. The zero-order valence-electron chi connectivity index (χ0n) is 13.8. The summed E-state index contributed by atoms with van der Waals surface area (Å²) in [7, 11) is 0. The van der Waals surface area contributed by atoms with Crippen LogP contribution in [0.15, 0.2) is 24.3 Å². The smallest absolute Gasteiger partial charge is 0.404 e. The fourth-order valence-electron chi connectivity index (χ4n) is 1.91. The fourth-order valence-corrected chi connectivity index (χ4v) is 2.13. The summed E-state index contributed by atoms with van der Waals surface area (Å²) < 4.78 is 79.5. The number of alkyl halides is 6. The van der Waals surface area contributed by atoms with Crippen LogP contribution < -0.4 is 15.4 Å². The van der Waals surface area contributed by atoms with Gasteiger partial charge in [0.05, 0.1) is 5.02 Å². The first-order valence-corrected chi connectivity index (χ1v) is 7.76. The molecule has 0 fully saturated rings. The Balaban J connectivity index is 2.31. The monoisotopic (exact) mass is 414 g/mol. The molecule has 0 bridgehead atoms. The molecule has 2 aromatic rings. The molecule has 0 radical (unpaired) electrons. The Morgan fingerprint density at radius 2 is 1.70 bits per heavy atom. The number of rotatable bonds is 5. The molecule has 0 amide bonds. The largest absolute Gasteiger partial charge is 0.573 e. The average Bonchev–Trinajstić information content (AvgIpc) is 2.47. The molecular weight excluding hydrogens is 402 g/mol. The van der Waals surface area contributed by atoms with Gasteiger partial charge in [0, 0.05) is 17.8 Å². The number of anilines is 3. The predicted octanol–water partition coefficient (Wildman–Crippen LogP) is 5.61. The first-order valence-electron chi connectivity index (χ1n) is 7.38. The van der Waals surface area contributed by atoms with Gasteiger partial charge in [-0.25, -0.2) is 4.98 Å². The van der Waals surface area contributed by atoms with Crippen molar-refractivity contribution in [2.75, 3.05) is 10.6 Å². The second-order valence-corrected chi connectivity index (χ2v) is 5.98. The van der Waals surface area contributed by atoms with Crippen LogP contribution in [-0.2, 0) is 6.18 Å². The third-order valence-electron chi connectivity index (χ3n) is 2.86. The molecule has 0 unspecified atom stereocenters. The summed E-state index contributed by atoms with van der Waals surface area (Å²) in [6, 6.07) is 3.58. The fraction of sp³-hybridized carbons (Fsp3) is 0.333. The van der Waals surface area contributed by atoms with Crippen LogP contribution in [-0.4, -0.2) is 22.4 Å². The van der Waals surface area contributed by atoms with E-state index < -0.39 is 24.0 Å². The van der Waals surface area contributed by atoms with Gasteiger partial charge in [0.2, 0.25) is 5.95 Å². The zero-order chi connectivity index (χ0) is 20.4. The molecule has 12 heteroatoms. The molecule has 0 spiro atoms. The van der Waals surface area contributed by atoms with E-state index in [2.05, 4.69) is 25.3 Å². The summed E-state index contributed by atoms with van der Waals surface area (Å²) in [5.74, 6) is -1.12. The minimum absolute atomic E-state index is 0.108. The Morgan fingerprint density at radius 3 is 2.22 bits per heavy atom. The highest BCUT2D eigenvalue weighted by molar-refractivity contribution is 6.32. The molecule has 148 valence electrons. The van der Waals surface area contributed by atoms with Crippen LogP contribution in [0.3, 0.4) is 0 Å². The van der Waals surface area contributed by atoms with Crippen LogP contribution in [0.4, 0.5) is 43.8 Å². The third kappa shape index (κ3) is 6.35. The summed E-state index contributed by atoms with van der Waals surface area (Å²) in [6.45, 7) is 3.38. The lowest BCUT2D eigenvalue weighted by Crippen LogP contribution is -2.17. The van der Waals surface area contributed by atoms with Gasteiger partial charge < -0.3 is 15.4 Å². The van der Waals surface area contributed by atoms with Crippen molar-refractivity contribution in [3.05, 3.63) is 35.0 Å². The number of hydrogen-bond donors (Lipinski definition) is 2. The molecule has 0 saturated heterocycles. The first kappa shape index (κ1) is 20.9. The van der Waals surface area contributed by atoms with E-state index >= 15 is 0 Å². The Labute approximate surface area is 154 Å². The molecule has 0 aliphatic rings. The quantitative estimate of drug-likeness (QED) is 0.623. The lowest BCUT2D eigenvalue weighted by Gasteiger charge is -2.15. The molecule has 2 rings (SSSR count). The number of nitrogens with one attached hydrogen (secondary N) is 2. The van der Waals surface area contributed by atoms with Crippen LogP contribution >= 0.6 is 11.6 Å². The van der Waals surface area contributed by atoms with Crippen molar-refractivity contribution in [1.29, 1.82) is 0 Å². The van der Waals surface area contributed by atoms with Gasteiger partial charge in [0.25, 0.3) is 0 Å². The van der Waals surface area contributed by atoms with Crippen molar-refractivity contribution >= 4 is 29.1 Å². The maximum Gasteiger partial charge on any atom is 0.573 e. The van der Waals surface area contributed by atoms with Crippen molar-refractivity contribution in [2.45, 2.75) is 32.4 Å². The van der Waals surface area contributed by atoms with Crippen LogP contribution in [0.2, 0.25) is 5.02 Å². The van der Waals surface area contributed by atoms with E-state index in [-0.39, 0.29) is 28.5 Å². The van der Waals surface area contributed by atoms with E-state index in [0.717, 1.165) is 18.2 Å². The highest BCUT2D eigenvalue weighted by Gasteiger charge is 2.34. The second-order valence-electron chi connectivity index (χ2n) is 5.58. The summed E-state index contributed by atoms with van der Waals surface area (Å²) >= 11 is 5.72. The van der Waals surface area contributed by atoms with Crippen LogP contribution in [0.5, 0.6) is 5.75 Å². The number of nitrogens with zero attached hydrogens (tertiary/aromatic N) is 2. The number of hydrogen-bond acceptors (Lipinski definition) is 5. The number of halogens is 7. The Kier molecular flexibility index (Phi) is 5.93. The Hall–Kier alpha value is -2.43. The highest BCUT2D eigenvalue weighted by atomic mass is 35.5. The van der Waals surface area contributed by atoms with Crippen molar-refractivity contribution in [3.63, 3.8) is 0 Å². The lowest BCUT2D eigenvalue weighted by atomic mass is 10.3. The minimum Gasteiger partial charge on any atom is -0.404 e. The van der Waals surface area contributed by atoms with Crippen molar-refractivity contribution in [1.82, 2.24) is 9.97 Å². The number of ether oxygens (including phenoxy) is 1. The van der Waals surface area contributed by atoms with E-state index in [9.17, 15) is 26.3 Å². The van der Waals surface area contributed by atoms with Crippen LogP contribution in [0.1, 0.15) is 19.5 Å². The molecule has 5 nitrogen and oxygen atoms in total. The molecule has 0 aliphatic heterocycles. The molecule has 0 aliphatic carbocycles. The van der Waals surface area contributed by atoms with Crippen LogP contribution in [0.25, 0.3) is 0 Å². The van der Waals surface area contributed by atoms with Crippen molar-refractivity contribution < 1.29 is 31.1 Å². The van der Waals surface area contributed by atoms with E-state index in [1.807, 2.05) is 0 Å². The van der Waals surface area contributed by atoms with E-state index in [1.165, 1.54) is 0 Å². The standard InChI is InChI=1S/C15H13ClF6N4O/c1-7(2)23-13-25-11(14(17,18)19)6-12(26-13)24-8-3-4-10(9(16)5-8)27-15(20,21)22/h3-7H,1-2H3,(H2,23,24,25,26). The molecule has 0 saturated carbocycles. The van der Waals surface area contributed by atoms with Gasteiger partial charge in [0.1, 0.15) is 11.6 Å². The average molecular weight is 415 g/mol. The maximum absolute atomic E-state index is 13.0. The van der Waals surface area contributed by atoms with Gasteiger partial charge >= 0.3 is 12.5 Å². The summed E-state index contributed by atoms with van der Waals surface area (Å²) in [5, 5.41) is 4.82. The topological polar surface area (TPSA) is 59.1 Å². The van der Waals surface area contributed by atoms with E-state index in [4.69, 9.17) is 11.6 Å². The summed E-state index contributed by atoms with van der Waals surface area (Å²) in [5.41, 5.74) is -1.08. The zero-order valence-corrected chi connectivity index (χ0v) is 14.6. The molecule has 1 aromatic carbocycles. The number of benzene rings is 1. The number of aromatic nitrogens is 2. The molecule has 1 heterocycles. The van der Waals surface area contributed by atoms with Gasteiger partial charge in [-0.2, -0.15) is 18.2 Å². The highest BCUT2D eigenvalue weighted by Crippen LogP contribution is 2.34. The molecule has 2 N–H and O–H groups in total. The molecule has 0 atom stereocenters. The normalized spacial score (nSPS) is 12.2. The van der Waals surface area contributed by atoms with Crippen molar-refractivity contribution in [2.24, 2.45) is 0 Å². The molecule has 1 aromatic heterocycles. The van der Waals surface area contributed by atoms with E-state index in [1.54, 1.807) is 13.8 Å². The van der Waals surface area contributed by atoms with Gasteiger partial charge in [-0.3, -0.25) is 0 Å². The predicted molar refractivity (Wildman–Crippen MR) is 87.2 cm³/mol. The lowest BCUT2D eigenvalue weighted by molar-refractivity contribution is -0.274. The minimum atomic E-state index is -4.93. The van der Waals surface area contributed by atoms with Gasteiger partial charge in [-0.1, -0.05) is 11.6 Å². The van der Waals surface area contributed by atoms with Crippen molar-refractivity contribution in [3.8, 4) is 5.75 Å². The maximum atomic E-state index is 13.0.